The molecule has 82 valence electrons. The van der Waals surface area contributed by atoms with Gasteiger partial charge in [0.2, 0.25) is 5.91 Å². The minimum Gasteiger partial charge on any atom is -0.370 e. The Balaban J connectivity index is 2.41. The van der Waals surface area contributed by atoms with E-state index in [1.54, 1.807) is 6.07 Å². The van der Waals surface area contributed by atoms with E-state index >= 15 is 0 Å². The van der Waals surface area contributed by atoms with E-state index in [0.29, 0.717) is 18.5 Å². The number of aromatic nitrogens is 1. The molecule has 2 rings (SSSR count). The summed E-state index contributed by atoms with van der Waals surface area (Å²) >= 11 is 0. The number of carbonyl (C=O) groups excluding carboxylic acids is 2. The number of rotatable bonds is 4. The highest BCUT2D eigenvalue weighted by Gasteiger charge is 2.05. The van der Waals surface area contributed by atoms with Gasteiger partial charge in [-0.1, -0.05) is 12.1 Å². The number of nitrogens with two attached hydrogens (primary N) is 1. The van der Waals surface area contributed by atoms with E-state index in [4.69, 9.17) is 5.73 Å². The fraction of sp³-hybridized carbons (Fsp3) is 0.167. The van der Waals surface area contributed by atoms with Crippen LogP contribution in [0.25, 0.3) is 10.9 Å². The predicted molar refractivity (Wildman–Crippen MR) is 61.1 cm³/mol. The van der Waals surface area contributed by atoms with Crippen LogP contribution in [0.3, 0.4) is 0 Å². The Morgan fingerprint density at radius 2 is 2.19 bits per heavy atom. The van der Waals surface area contributed by atoms with E-state index in [0.717, 1.165) is 17.2 Å². The number of aldehydes is 1. The highest BCUT2D eigenvalue weighted by molar-refractivity contribution is 5.97. The molecular weight excluding hydrogens is 204 g/mol. The molecule has 16 heavy (non-hydrogen) atoms. The summed E-state index contributed by atoms with van der Waals surface area (Å²) in [5.41, 5.74) is 6.71. The predicted octanol–water partition coefficient (Wildman–Crippen LogP) is 1.33. The lowest BCUT2D eigenvalue weighted by Gasteiger charge is -2.03. The molecule has 0 bridgehead atoms. The van der Waals surface area contributed by atoms with E-state index in [2.05, 4.69) is 0 Å². The summed E-state index contributed by atoms with van der Waals surface area (Å²) in [6.07, 6.45) is 3.00. The summed E-state index contributed by atoms with van der Waals surface area (Å²) in [6.45, 7) is 0.543. The zero-order valence-corrected chi connectivity index (χ0v) is 8.72. The van der Waals surface area contributed by atoms with Crippen molar-refractivity contribution in [1.29, 1.82) is 0 Å². The van der Waals surface area contributed by atoms with Crippen LogP contribution in [0.15, 0.2) is 30.5 Å². The largest absolute Gasteiger partial charge is 0.370 e. The monoisotopic (exact) mass is 216 g/mol. The van der Waals surface area contributed by atoms with Crippen LogP contribution < -0.4 is 5.73 Å². The van der Waals surface area contributed by atoms with E-state index in [1.807, 2.05) is 29.0 Å². The molecule has 1 aromatic heterocycles. The van der Waals surface area contributed by atoms with Crippen molar-refractivity contribution in [2.24, 2.45) is 5.73 Å². The van der Waals surface area contributed by atoms with Crippen LogP contribution >= 0.6 is 0 Å². The molecule has 0 atom stereocenters. The second-order valence-corrected chi connectivity index (χ2v) is 3.62. The number of fused-ring (bicyclic) bond motifs is 1. The maximum absolute atomic E-state index is 10.8. The zero-order chi connectivity index (χ0) is 11.5. The maximum Gasteiger partial charge on any atom is 0.219 e. The van der Waals surface area contributed by atoms with Gasteiger partial charge in [0.15, 0.2) is 6.29 Å². The first-order chi connectivity index (χ1) is 7.72. The molecule has 2 N–H and O–H groups in total. The van der Waals surface area contributed by atoms with Crippen molar-refractivity contribution in [2.45, 2.75) is 13.0 Å². The van der Waals surface area contributed by atoms with Crippen molar-refractivity contribution in [3.8, 4) is 0 Å². The summed E-state index contributed by atoms with van der Waals surface area (Å²) in [6, 6.07) is 7.39. The van der Waals surface area contributed by atoms with E-state index in [-0.39, 0.29) is 5.91 Å². The van der Waals surface area contributed by atoms with E-state index in [9.17, 15) is 9.59 Å². The second kappa shape index (κ2) is 4.18. The first-order valence-electron chi connectivity index (χ1n) is 5.03. The second-order valence-electron chi connectivity index (χ2n) is 3.62. The maximum atomic E-state index is 10.8. The van der Waals surface area contributed by atoms with Gasteiger partial charge in [0, 0.05) is 35.6 Å². The van der Waals surface area contributed by atoms with Gasteiger partial charge in [-0.05, 0) is 12.1 Å². The standard InChI is InChI=1S/C12H12N2O2/c13-12(16)5-7-14-6-4-10-9(8-15)2-1-3-11(10)14/h1-4,6,8H,5,7H2,(H2,13,16). The topological polar surface area (TPSA) is 65.1 Å². The van der Waals surface area contributed by atoms with E-state index in [1.165, 1.54) is 0 Å². The van der Waals surface area contributed by atoms with Gasteiger partial charge >= 0.3 is 0 Å². The minimum atomic E-state index is -0.326. The summed E-state index contributed by atoms with van der Waals surface area (Å²) in [5, 5.41) is 0.905. The first kappa shape index (κ1) is 10.4. The minimum absolute atomic E-state index is 0.301. The highest BCUT2D eigenvalue weighted by atomic mass is 16.1. The summed E-state index contributed by atoms with van der Waals surface area (Å²) in [5.74, 6) is -0.326. The Labute approximate surface area is 92.7 Å². The average Bonchev–Trinajstić information content (AvgIpc) is 2.69. The number of primary amides is 1. The summed E-state index contributed by atoms with van der Waals surface area (Å²) in [7, 11) is 0. The number of hydrogen-bond donors (Lipinski definition) is 1. The van der Waals surface area contributed by atoms with Gasteiger partial charge in [0.25, 0.3) is 0 Å². The number of amides is 1. The van der Waals surface area contributed by atoms with Crippen LogP contribution in [0, 0.1) is 0 Å². The Morgan fingerprint density at radius 1 is 1.38 bits per heavy atom. The van der Waals surface area contributed by atoms with Crippen molar-refractivity contribution in [2.75, 3.05) is 0 Å². The number of carbonyl (C=O) groups is 2. The van der Waals surface area contributed by atoms with Crippen LogP contribution in [0.1, 0.15) is 16.8 Å². The molecule has 1 aromatic carbocycles. The molecule has 0 unspecified atom stereocenters. The summed E-state index contributed by atoms with van der Waals surface area (Å²) in [4.78, 5) is 21.5. The summed E-state index contributed by atoms with van der Waals surface area (Å²) < 4.78 is 1.92. The Kier molecular flexibility index (Phi) is 2.72. The van der Waals surface area contributed by atoms with Gasteiger partial charge in [0.1, 0.15) is 0 Å². The Morgan fingerprint density at radius 3 is 2.88 bits per heavy atom. The molecule has 4 nitrogen and oxygen atoms in total. The van der Waals surface area contributed by atoms with Crippen LogP contribution in [0.4, 0.5) is 0 Å². The van der Waals surface area contributed by atoms with Gasteiger partial charge in [-0.15, -0.1) is 0 Å². The molecule has 0 aliphatic rings. The third-order valence-electron chi connectivity index (χ3n) is 2.57. The Hall–Kier alpha value is -2.10. The van der Waals surface area contributed by atoms with E-state index < -0.39 is 0 Å². The lowest BCUT2D eigenvalue weighted by molar-refractivity contribution is -0.118. The molecule has 0 aliphatic heterocycles. The molecule has 2 aromatic rings. The zero-order valence-electron chi connectivity index (χ0n) is 8.72. The van der Waals surface area contributed by atoms with Crippen molar-refractivity contribution in [3.05, 3.63) is 36.0 Å². The SMILES string of the molecule is NC(=O)CCn1ccc2c(C=O)cccc21. The first-order valence-corrected chi connectivity index (χ1v) is 5.03. The molecule has 0 spiro atoms. The van der Waals surface area contributed by atoms with Crippen LogP contribution in [-0.4, -0.2) is 16.8 Å². The third-order valence-corrected chi connectivity index (χ3v) is 2.57. The quantitative estimate of drug-likeness (QED) is 0.783. The van der Waals surface area contributed by atoms with Crippen LogP contribution in [-0.2, 0) is 11.3 Å². The molecule has 0 aliphatic carbocycles. The lowest BCUT2D eigenvalue weighted by atomic mass is 10.1. The van der Waals surface area contributed by atoms with Crippen LogP contribution in [0.2, 0.25) is 0 Å². The molecular formula is C12H12N2O2. The third kappa shape index (κ3) is 1.82. The van der Waals surface area contributed by atoms with Gasteiger partial charge in [0.05, 0.1) is 0 Å². The molecule has 0 fully saturated rings. The normalized spacial score (nSPS) is 10.5. The number of benzene rings is 1. The molecule has 0 saturated heterocycles. The molecule has 0 saturated carbocycles. The fourth-order valence-corrected chi connectivity index (χ4v) is 1.78. The lowest BCUT2D eigenvalue weighted by Crippen LogP contribution is -2.13. The molecule has 1 amide bonds. The van der Waals surface area contributed by atoms with Crippen LogP contribution in [0.5, 0.6) is 0 Å². The molecule has 1 heterocycles. The highest BCUT2D eigenvalue weighted by Crippen LogP contribution is 2.19. The fourth-order valence-electron chi connectivity index (χ4n) is 1.78. The Bertz CT molecular complexity index is 543. The van der Waals surface area contributed by atoms with Crippen molar-refractivity contribution < 1.29 is 9.59 Å². The number of nitrogens with zero attached hydrogens (tertiary/aromatic N) is 1. The number of hydrogen-bond acceptors (Lipinski definition) is 2. The van der Waals surface area contributed by atoms with Crippen molar-refractivity contribution in [1.82, 2.24) is 4.57 Å². The van der Waals surface area contributed by atoms with Gasteiger partial charge in [-0.3, -0.25) is 9.59 Å². The van der Waals surface area contributed by atoms with Gasteiger partial charge < -0.3 is 10.3 Å². The molecule has 4 heteroatoms. The van der Waals surface area contributed by atoms with Crippen molar-refractivity contribution >= 4 is 23.1 Å². The number of aryl methyl sites for hydroxylation is 1. The van der Waals surface area contributed by atoms with Gasteiger partial charge in [-0.25, -0.2) is 0 Å². The smallest absolute Gasteiger partial charge is 0.219 e. The average molecular weight is 216 g/mol. The van der Waals surface area contributed by atoms with Crippen molar-refractivity contribution in [3.63, 3.8) is 0 Å². The van der Waals surface area contributed by atoms with Gasteiger partial charge in [-0.2, -0.15) is 0 Å². The molecule has 0 radical (unpaired) electrons.